The third-order valence-electron chi connectivity index (χ3n) is 9.33. The predicted molar refractivity (Wildman–Crippen MR) is 113 cm³/mol. The molecule has 0 radical (unpaired) electrons. The standard InChI is InChI=1S/C25H34O6/c1-4-5-21-30-20-11-17-16-7-6-14-10-15(27)8-9-23(14,2)22(16)18(28)12-24(17,3)25(20,31-21)19(29)13-26/h6,8-9,16-18,20-22,26,28H,4-5,7,10-13H2,1-3H3/t16-,17-,18-,20+,21?,22+,23-,24-,25+/m0/s1. The minimum absolute atomic E-state index is 0.0125. The van der Waals surface area contributed by atoms with Crippen LogP contribution in [-0.4, -0.2) is 52.5 Å². The van der Waals surface area contributed by atoms with Gasteiger partial charge in [-0.25, -0.2) is 0 Å². The second-order valence-electron chi connectivity index (χ2n) is 10.7. The lowest BCUT2D eigenvalue weighted by atomic mass is 9.47. The minimum atomic E-state index is -1.21. The molecule has 1 aliphatic heterocycles. The molecule has 0 amide bonds. The Morgan fingerprint density at radius 1 is 1.32 bits per heavy atom. The Morgan fingerprint density at radius 3 is 2.81 bits per heavy atom. The van der Waals surface area contributed by atoms with E-state index in [-0.39, 0.29) is 34.7 Å². The number of rotatable bonds is 4. The van der Waals surface area contributed by atoms with Gasteiger partial charge >= 0.3 is 0 Å². The van der Waals surface area contributed by atoms with Crippen LogP contribution in [0.2, 0.25) is 0 Å². The second-order valence-corrected chi connectivity index (χ2v) is 10.7. The van der Waals surface area contributed by atoms with E-state index < -0.39 is 36.1 Å². The van der Waals surface area contributed by atoms with Crippen LogP contribution in [0.15, 0.2) is 23.8 Å². The van der Waals surface area contributed by atoms with Crippen molar-refractivity contribution in [3.8, 4) is 0 Å². The largest absolute Gasteiger partial charge is 0.393 e. The van der Waals surface area contributed by atoms with Crippen molar-refractivity contribution in [3.05, 3.63) is 23.8 Å². The van der Waals surface area contributed by atoms with Crippen LogP contribution in [-0.2, 0) is 19.1 Å². The summed E-state index contributed by atoms with van der Waals surface area (Å²) >= 11 is 0. The number of ether oxygens (including phenoxy) is 2. The minimum Gasteiger partial charge on any atom is -0.393 e. The molecule has 3 fully saturated rings. The fourth-order valence-electron chi connectivity index (χ4n) is 8.03. The third-order valence-corrected chi connectivity index (χ3v) is 9.33. The molecular formula is C25H34O6. The molecule has 170 valence electrons. The van der Waals surface area contributed by atoms with Gasteiger partial charge in [-0.15, -0.1) is 0 Å². The van der Waals surface area contributed by atoms with Crippen LogP contribution < -0.4 is 0 Å². The summed E-state index contributed by atoms with van der Waals surface area (Å²) in [6.07, 6.45) is 8.28. The molecule has 4 aliphatic carbocycles. The lowest BCUT2D eigenvalue weighted by molar-refractivity contribution is -0.198. The van der Waals surface area contributed by atoms with Gasteiger partial charge in [-0.2, -0.15) is 0 Å². The number of allylic oxidation sites excluding steroid dienone is 4. The molecule has 6 nitrogen and oxygen atoms in total. The highest BCUT2D eigenvalue weighted by Gasteiger charge is 2.75. The van der Waals surface area contributed by atoms with E-state index in [1.54, 1.807) is 6.08 Å². The van der Waals surface area contributed by atoms with Crippen LogP contribution in [0.3, 0.4) is 0 Å². The van der Waals surface area contributed by atoms with Gasteiger partial charge in [0, 0.05) is 23.2 Å². The van der Waals surface area contributed by atoms with Crippen molar-refractivity contribution in [2.24, 2.45) is 28.6 Å². The molecule has 5 rings (SSSR count). The Hall–Kier alpha value is -1.34. The molecule has 6 heteroatoms. The van der Waals surface area contributed by atoms with Crippen molar-refractivity contribution in [1.29, 1.82) is 0 Å². The predicted octanol–water partition coefficient (Wildman–Crippen LogP) is 2.72. The molecule has 0 aromatic heterocycles. The van der Waals surface area contributed by atoms with Gasteiger partial charge in [0.2, 0.25) is 0 Å². The maximum atomic E-state index is 13.2. The Kier molecular flexibility index (Phi) is 4.91. The number of aliphatic hydroxyl groups excluding tert-OH is 2. The first-order valence-electron chi connectivity index (χ1n) is 11.8. The van der Waals surface area contributed by atoms with Crippen molar-refractivity contribution < 1.29 is 29.3 Å². The number of hydrogen-bond donors (Lipinski definition) is 2. The van der Waals surface area contributed by atoms with Gasteiger partial charge in [-0.1, -0.05) is 44.9 Å². The van der Waals surface area contributed by atoms with Crippen LogP contribution in [0.25, 0.3) is 0 Å². The van der Waals surface area contributed by atoms with Gasteiger partial charge in [0.1, 0.15) is 6.61 Å². The number of ketones is 2. The highest BCUT2D eigenvalue weighted by atomic mass is 16.7. The Labute approximate surface area is 183 Å². The van der Waals surface area contributed by atoms with E-state index in [0.717, 1.165) is 18.4 Å². The van der Waals surface area contributed by atoms with E-state index in [1.165, 1.54) is 0 Å². The highest BCUT2D eigenvalue weighted by molar-refractivity contribution is 5.93. The van der Waals surface area contributed by atoms with Gasteiger partial charge < -0.3 is 19.7 Å². The SMILES string of the molecule is CCCC1O[C@@H]2C[C@H]3[C@@H]4CC=C5CC(=O)C=C[C@]5(C)[C@H]4[C@@H](O)C[C@]3(C)[C@]2(C(=O)CO)O1. The molecule has 0 bridgehead atoms. The van der Waals surface area contributed by atoms with Crippen molar-refractivity contribution in [3.63, 3.8) is 0 Å². The zero-order valence-electron chi connectivity index (χ0n) is 18.7. The number of fused-ring (bicyclic) bond motifs is 7. The Balaban J connectivity index is 1.56. The van der Waals surface area contributed by atoms with Gasteiger partial charge in [0.25, 0.3) is 0 Å². The van der Waals surface area contributed by atoms with E-state index in [1.807, 2.05) is 6.08 Å². The Bertz CT molecular complexity index is 862. The molecule has 31 heavy (non-hydrogen) atoms. The third kappa shape index (κ3) is 2.65. The molecule has 0 aromatic rings. The van der Waals surface area contributed by atoms with Crippen LogP contribution in [0, 0.1) is 28.6 Å². The molecule has 2 saturated carbocycles. The average Bonchev–Trinajstić information content (AvgIpc) is 3.20. The number of carbonyl (C=O) groups excluding carboxylic acids is 2. The summed E-state index contributed by atoms with van der Waals surface area (Å²) in [5.41, 5.74) is -1.06. The summed E-state index contributed by atoms with van der Waals surface area (Å²) in [4.78, 5) is 25.2. The van der Waals surface area contributed by atoms with Crippen LogP contribution in [0.5, 0.6) is 0 Å². The Morgan fingerprint density at radius 2 is 2.10 bits per heavy atom. The van der Waals surface area contributed by atoms with Gasteiger partial charge in [0.05, 0.1) is 12.2 Å². The molecule has 2 N–H and O–H groups in total. The first-order valence-corrected chi connectivity index (χ1v) is 11.8. The van der Waals surface area contributed by atoms with E-state index >= 15 is 0 Å². The molecule has 1 heterocycles. The molecular weight excluding hydrogens is 396 g/mol. The van der Waals surface area contributed by atoms with Crippen molar-refractivity contribution >= 4 is 11.6 Å². The van der Waals surface area contributed by atoms with Crippen molar-refractivity contribution in [1.82, 2.24) is 0 Å². The van der Waals surface area contributed by atoms with Gasteiger partial charge in [-0.3, -0.25) is 9.59 Å². The lowest BCUT2D eigenvalue weighted by Gasteiger charge is -2.59. The molecule has 1 unspecified atom stereocenters. The van der Waals surface area contributed by atoms with Crippen LogP contribution in [0.1, 0.15) is 59.3 Å². The molecule has 9 atom stereocenters. The quantitative estimate of drug-likeness (QED) is 0.666. The maximum absolute atomic E-state index is 13.2. The fraction of sp³-hybridized carbons (Fsp3) is 0.760. The molecule has 0 spiro atoms. The van der Waals surface area contributed by atoms with E-state index in [0.29, 0.717) is 25.7 Å². The van der Waals surface area contributed by atoms with Gasteiger partial charge in [0.15, 0.2) is 23.5 Å². The van der Waals surface area contributed by atoms with Crippen LogP contribution >= 0.6 is 0 Å². The smallest absolute Gasteiger partial charge is 0.193 e. The molecule has 1 saturated heterocycles. The number of carbonyl (C=O) groups is 2. The van der Waals surface area contributed by atoms with E-state index in [2.05, 4.69) is 26.8 Å². The average molecular weight is 431 g/mol. The first-order chi connectivity index (χ1) is 14.7. The summed E-state index contributed by atoms with van der Waals surface area (Å²) in [6, 6.07) is 0. The first kappa shape index (κ1) is 21.5. The van der Waals surface area contributed by atoms with Crippen LogP contribution in [0.4, 0.5) is 0 Å². The summed E-state index contributed by atoms with van der Waals surface area (Å²) in [7, 11) is 0. The lowest BCUT2D eigenvalue weighted by Crippen LogP contribution is -2.63. The van der Waals surface area contributed by atoms with Crippen molar-refractivity contribution in [2.75, 3.05) is 6.61 Å². The summed E-state index contributed by atoms with van der Waals surface area (Å²) in [5.74, 6) is 0.0642. The second kappa shape index (κ2) is 7.08. The van der Waals surface area contributed by atoms with Crippen molar-refractivity contribution in [2.45, 2.75) is 83.4 Å². The molecule has 0 aromatic carbocycles. The highest BCUT2D eigenvalue weighted by Crippen LogP contribution is 2.69. The van der Waals surface area contributed by atoms with Gasteiger partial charge in [-0.05, 0) is 43.6 Å². The molecule has 5 aliphatic rings. The number of hydrogen-bond acceptors (Lipinski definition) is 6. The zero-order chi connectivity index (χ0) is 22.2. The topological polar surface area (TPSA) is 93.1 Å². The number of aliphatic hydroxyl groups is 2. The summed E-state index contributed by atoms with van der Waals surface area (Å²) < 4.78 is 12.7. The normalized spacial score (nSPS) is 50.4. The summed E-state index contributed by atoms with van der Waals surface area (Å²) in [6.45, 7) is 5.66. The maximum Gasteiger partial charge on any atom is 0.193 e. The number of Topliss-reactive ketones (excluding diaryl/α,β-unsaturated/α-hetero) is 1. The fourth-order valence-corrected chi connectivity index (χ4v) is 8.03. The van der Waals surface area contributed by atoms with E-state index in [4.69, 9.17) is 9.47 Å². The summed E-state index contributed by atoms with van der Waals surface area (Å²) in [5, 5.41) is 21.4. The monoisotopic (exact) mass is 430 g/mol. The van der Waals surface area contributed by atoms with E-state index in [9.17, 15) is 19.8 Å². The zero-order valence-corrected chi connectivity index (χ0v) is 18.7.